The minimum Gasteiger partial charge on any atom is -0.302 e. The number of nitrogens with one attached hydrogen (secondary N) is 1. The molecule has 1 amide bonds. The summed E-state index contributed by atoms with van der Waals surface area (Å²) in [5, 5.41) is 5.48. The number of nitrogens with zero attached hydrogens (tertiary/aromatic N) is 1. The van der Waals surface area contributed by atoms with Gasteiger partial charge in [-0.25, -0.2) is 9.37 Å². The number of hydrogen-bond donors (Lipinski definition) is 1. The minimum atomic E-state index is -0.449. The van der Waals surface area contributed by atoms with Crippen LogP contribution in [0, 0.1) is 5.82 Å². The first-order valence-electron chi connectivity index (χ1n) is 6.45. The van der Waals surface area contributed by atoms with E-state index in [1.54, 1.807) is 6.07 Å². The quantitative estimate of drug-likeness (QED) is 0.907. The molecule has 0 aliphatic carbocycles. The fourth-order valence-corrected chi connectivity index (χ4v) is 2.94. The van der Waals surface area contributed by atoms with Gasteiger partial charge in [0.25, 0.3) is 0 Å². The van der Waals surface area contributed by atoms with Gasteiger partial charge in [0.05, 0.1) is 12.1 Å². The first-order valence-corrected chi connectivity index (χ1v) is 7.70. The van der Waals surface area contributed by atoms with Crippen LogP contribution in [0.1, 0.15) is 32.0 Å². The van der Waals surface area contributed by atoms with Crippen LogP contribution in [0.2, 0.25) is 5.02 Å². The molecule has 0 radical (unpaired) electrons. The van der Waals surface area contributed by atoms with Crippen molar-refractivity contribution in [3.63, 3.8) is 0 Å². The Kier molecular flexibility index (Phi) is 4.64. The van der Waals surface area contributed by atoms with Gasteiger partial charge in [-0.3, -0.25) is 4.79 Å². The average Bonchev–Trinajstić information content (AvgIpc) is 2.75. The monoisotopic (exact) mass is 326 g/mol. The molecule has 0 aliphatic heterocycles. The molecule has 0 spiro atoms. The van der Waals surface area contributed by atoms with Crippen LogP contribution in [-0.4, -0.2) is 10.9 Å². The number of rotatable bonds is 3. The summed E-state index contributed by atoms with van der Waals surface area (Å²) in [7, 11) is 0. The van der Waals surface area contributed by atoms with E-state index in [0.29, 0.717) is 10.7 Å². The van der Waals surface area contributed by atoms with Crippen LogP contribution < -0.4 is 5.32 Å². The molecule has 1 aromatic heterocycles. The summed E-state index contributed by atoms with van der Waals surface area (Å²) < 4.78 is 13.2. The maximum absolute atomic E-state index is 13.2. The van der Waals surface area contributed by atoms with Crippen molar-refractivity contribution in [3.05, 3.63) is 45.7 Å². The molecule has 0 bridgehead atoms. The third-order valence-corrected chi connectivity index (χ3v) is 3.78. The third kappa shape index (κ3) is 4.51. The number of amides is 1. The van der Waals surface area contributed by atoms with E-state index < -0.39 is 5.82 Å². The highest BCUT2D eigenvalue weighted by atomic mass is 35.5. The lowest BCUT2D eigenvalue weighted by Crippen LogP contribution is -2.15. The normalized spacial score (nSPS) is 11.5. The average molecular weight is 327 g/mol. The number of hydrogen-bond acceptors (Lipinski definition) is 3. The van der Waals surface area contributed by atoms with Gasteiger partial charge >= 0.3 is 0 Å². The molecule has 1 N–H and O–H groups in total. The van der Waals surface area contributed by atoms with Gasteiger partial charge in [0.2, 0.25) is 5.91 Å². The van der Waals surface area contributed by atoms with Crippen molar-refractivity contribution in [3.8, 4) is 0 Å². The maximum Gasteiger partial charge on any atom is 0.230 e. The molecule has 3 nitrogen and oxygen atoms in total. The Bertz CT molecular complexity index is 644. The molecule has 0 saturated carbocycles. The fraction of sp³-hybridized carbons (Fsp3) is 0.333. The van der Waals surface area contributed by atoms with Gasteiger partial charge in [0.1, 0.15) is 5.82 Å². The van der Waals surface area contributed by atoms with E-state index in [2.05, 4.69) is 31.1 Å². The molecule has 1 aromatic carbocycles. The standard InChI is InChI=1S/C15H16ClFN2OS/c1-15(2,3)12-8-21-14(18-12)19-13(20)6-9-4-10(16)7-11(17)5-9/h4-5,7-8H,6H2,1-3H3,(H,18,19,20). The molecule has 112 valence electrons. The van der Waals surface area contributed by atoms with E-state index in [1.165, 1.54) is 23.5 Å². The molecular weight excluding hydrogens is 311 g/mol. The summed E-state index contributed by atoms with van der Waals surface area (Å²) in [6.45, 7) is 6.17. The van der Waals surface area contributed by atoms with Crippen LogP contribution in [0.5, 0.6) is 0 Å². The van der Waals surface area contributed by atoms with Gasteiger partial charge in [-0.05, 0) is 23.8 Å². The van der Waals surface area contributed by atoms with E-state index in [0.717, 1.165) is 5.69 Å². The molecule has 0 aliphatic rings. The highest BCUT2D eigenvalue weighted by Gasteiger charge is 2.18. The van der Waals surface area contributed by atoms with Crippen molar-refractivity contribution in [1.29, 1.82) is 0 Å². The lowest BCUT2D eigenvalue weighted by atomic mass is 9.93. The topological polar surface area (TPSA) is 42.0 Å². The van der Waals surface area contributed by atoms with Crippen molar-refractivity contribution in [2.24, 2.45) is 0 Å². The summed E-state index contributed by atoms with van der Waals surface area (Å²) >= 11 is 7.14. The van der Waals surface area contributed by atoms with Crippen molar-refractivity contribution < 1.29 is 9.18 Å². The second-order valence-electron chi connectivity index (χ2n) is 5.79. The molecule has 0 saturated heterocycles. The summed E-state index contributed by atoms with van der Waals surface area (Å²) in [5.74, 6) is -0.693. The van der Waals surface area contributed by atoms with Gasteiger partial charge in [0, 0.05) is 15.8 Å². The Balaban J connectivity index is 2.03. The van der Waals surface area contributed by atoms with Crippen LogP contribution >= 0.6 is 22.9 Å². The Morgan fingerprint density at radius 2 is 2.10 bits per heavy atom. The van der Waals surface area contributed by atoms with Gasteiger partial charge in [0.15, 0.2) is 5.13 Å². The smallest absolute Gasteiger partial charge is 0.230 e. The predicted octanol–water partition coefficient (Wildman–Crippen LogP) is 4.41. The second-order valence-corrected chi connectivity index (χ2v) is 7.09. The van der Waals surface area contributed by atoms with Crippen molar-refractivity contribution in [2.75, 3.05) is 5.32 Å². The fourth-order valence-electron chi connectivity index (χ4n) is 1.74. The highest BCUT2D eigenvalue weighted by molar-refractivity contribution is 7.13. The SMILES string of the molecule is CC(C)(C)c1csc(NC(=O)Cc2cc(F)cc(Cl)c2)n1. The first-order chi connectivity index (χ1) is 9.74. The molecule has 2 aromatic rings. The predicted molar refractivity (Wildman–Crippen MR) is 84.6 cm³/mol. The van der Waals surface area contributed by atoms with Crippen LogP contribution in [0.25, 0.3) is 0 Å². The number of benzene rings is 1. The lowest BCUT2D eigenvalue weighted by molar-refractivity contribution is -0.115. The van der Waals surface area contributed by atoms with Gasteiger partial charge < -0.3 is 5.32 Å². The van der Waals surface area contributed by atoms with Crippen LogP contribution in [0.15, 0.2) is 23.6 Å². The molecule has 2 rings (SSSR count). The summed E-state index contributed by atoms with van der Waals surface area (Å²) in [5.41, 5.74) is 1.40. The summed E-state index contributed by atoms with van der Waals surface area (Å²) in [6.07, 6.45) is 0.0575. The molecule has 0 unspecified atom stereocenters. The van der Waals surface area contributed by atoms with Gasteiger partial charge in [-0.1, -0.05) is 32.4 Å². The van der Waals surface area contributed by atoms with E-state index in [9.17, 15) is 9.18 Å². The highest BCUT2D eigenvalue weighted by Crippen LogP contribution is 2.26. The number of aromatic nitrogens is 1. The van der Waals surface area contributed by atoms with Gasteiger partial charge in [-0.2, -0.15) is 0 Å². The van der Waals surface area contributed by atoms with Crippen molar-refractivity contribution >= 4 is 34.0 Å². The summed E-state index contributed by atoms with van der Waals surface area (Å²) in [6, 6.07) is 4.08. The van der Waals surface area contributed by atoms with E-state index in [4.69, 9.17) is 11.6 Å². The maximum atomic E-state index is 13.2. The zero-order valence-electron chi connectivity index (χ0n) is 12.0. The zero-order chi connectivity index (χ0) is 15.6. The molecule has 21 heavy (non-hydrogen) atoms. The first kappa shape index (κ1) is 15.9. The minimum absolute atomic E-state index is 0.0575. The Labute approximate surface area is 132 Å². The number of carbonyl (C=O) groups is 1. The van der Waals surface area contributed by atoms with Crippen LogP contribution in [-0.2, 0) is 16.6 Å². The van der Waals surface area contributed by atoms with E-state index in [-0.39, 0.29) is 22.8 Å². The van der Waals surface area contributed by atoms with Crippen molar-refractivity contribution in [1.82, 2.24) is 4.98 Å². The number of carbonyl (C=O) groups excluding carboxylic acids is 1. The molecule has 1 heterocycles. The van der Waals surface area contributed by atoms with Crippen LogP contribution in [0.3, 0.4) is 0 Å². The largest absolute Gasteiger partial charge is 0.302 e. The molecule has 6 heteroatoms. The second kappa shape index (κ2) is 6.12. The number of anilines is 1. The van der Waals surface area contributed by atoms with Gasteiger partial charge in [-0.15, -0.1) is 11.3 Å². The molecular formula is C15H16ClFN2OS. The van der Waals surface area contributed by atoms with E-state index >= 15 is 0 Å². The number of halogens is 2. The van der Waals surface area contributed by atoms with Crippen LogP contribution in [0.4, 0.5) is 9.52 Å². The lowest BCUT2D eigenvalue weighted by Gasteiger charge is -2.14. The molecule has 0 fully saturated rings. The van der Waals surface area contributed by atoms with E-state index in [1.807, 2.05) is 5.38 Å². The van der Waals surface area contributed by atoms with Crippen molar-refractivity contribution in [2.45, 2.75) is 32.6 Å². The summed E-state index contributed by atoms with van der Waals surface area (Å²) in [4.78, 5) is 16.3. The Morgan fingerprint density at radius 1 is 1.38 bits per heavy atom. The zero-order valence-corrected chi connectivity index (χ0v) is 13.6. The number of thiazole rings is 1. The third-order valence-electron chi connectivity index (χ3n) is 2.81. The Morgan fingerprint density at radius 3 is 2.67 bits per heavy atom. The Hall–Kier alpha value is -1.46. The molecule has 0 atom stereocenters.